The Morgan fingerprint density at radius 3 is 2.84 bits per heavy atom. The van der Waals surface area contributed by atoms with Gasteiger partial charge in [0.1, 0.15) is 5.82 Å². The van der Waals surface area contributed by atoms with E-state index in [9.17, 15) is 9.50 Å². The van der Waals surface area contributed by atoms with E-state index in [1.807, 2.05) is 17.5 Å². The minimum Gasteiger partial charge on any atom is -0.387 e. The van der Waals surface area contributed by atoms with E-state index in [0.717, 1.165) is 24.3 Å². The number of aliphatic hydroxyl groups is 1. The van der Waals surface area contributed by atoms with Crippen LogP contribution < -0.4 is 0 Å². The summed E-state index contributed by atoms with van der Waals surface area (Å²) in [5, 5.41) is 13.1. The number of benzene rings is 1. The Labute approximate surface area is 126 Å². The van der Waals surface area contributed by atoms with Gasteiger partial charge in [0.25, 0.3) is 0 Å². The molecule has 0 radical (unpaired) electrons. The SMILES string of the molecule is OC(Cc1cc(Br)cs1)c1cc2cc(F)ccc2s1. The van der Waals surface area contributed by atoms with Gasteiger partial charge >= 0.3 is 0 Å². The summed E-state index contributed by atoms with van der Waals surface area (Å²) in [6.45, 7) is 0. The average Bonchev–Trinajstić information content (AvgIpc) is 2.95. The van der Waals surface area contributed by atoms with E-state index in [-0.39, 0.29) is 5.82 Å². The average molecular weight is 357 g/mol. The molecule has 1 N–H and O–H groups in total. The Balaban J connectivity index is 1.86. The number of thiophene rings is 2. The molecule has 0 amide bonds. The molecule has 0 aliphatic carbocycles. The molecule has 5 heteroatoms. The summed E-state index contributed by atoms with van der Waals surface area (Å²) < 4.78 is 15.2. The molecule has 2 aromatic heterocycles. The first kappa shape index (κ1) is 13.2. The van der Waals surface area contributed by atoms with Crippen LogP contribution in [0.4, 0.5) is 4.39 Å². The van der Waals surface area contributed by atoms with Crippen LogP contribution >= 0.6 is 38.6 Å². The fourth-order valence-corrected chi connectivity index (χ4v) is 4.47. The molecule has 0 fully saturated rings. The number of hydrogen-bond acceptors (Lipinski definition) is 3. The highest BCUT2D eigenvalue weighted by atomic mass is 79.9. The summed E-state index contributed by atoms with van der Waals surface area (Å²) in [6, 6.07) is 8.60. The maximum Gasteiger partial charge on any atom is 0.123 e. The van der Waals surface area contributed by atoms with Gasteiger partial charge < -0.3 is 5.11 Å². The molecule has 0 spiro atoms. The number of fused-ring (bicyclic) bond motifs is 1. The predicted octanol–water partition coefficient (Wildman–Crippen LogP) is 5.14. The molecule has 1 aromatic carbocycles. The van der Waals surface area contributed by atoms with Gasteiger partial charge in [0.05, 0.1) is 6.10 Å². The molecule has 1 atom stereocenters. The molecule has 2 heterocycles. The van der Waals surface area contributed by atoms with E-state index in [1.54, 1.807) is 17.4 Å². The van der Waals surface area contributed by atoms with Crippen LogP contribution in [0.15, 0.2) is 40.2 Å². The second-order valence-corrected chi connectivity index (χ2v) is 7.31. The molecule has 1 unspecified atom stereocenters. The van der Waals surface area contributed by atoms with Gasteiger partial charge in [-0.1, -0.05) is 0 Å². The topological polar surface area (TPSA) is 20.2 Å². The lowest BCUT2D eigenvalue weighted by Gasteiger charge is -2.05. The molecule has 0 aliphatic heterocycles. The van der Waals surface area contributed by atoms with Gasteiger partial charge in [-0.05, 0) is 51.6 Å². The van der Waals surface area contributed by atoms with Crippen LogP contribution in [0.1, 0.15) is 15.9 Å². The number of aliphatic hydroxyl groups excluding tert-OH is 1. The molecular formula is C14H10BrFOS2. The highest BCUT2D eigenvalue weighted by Crippen LogP contribution is 2.33. The van der Waals surface area contributed by atoms with Crippen molar-refractivity contribution in [2.45, 2.75) is 12.5 Å². The lowest BCUT2D eigenvalue weighted by atomic mass is 10.1. The van der Waals surface area contributed by atoms with Crippen molar-refractivity contribution in [1.29, 1.82) is 0 Å². The molecule has 19 heavy (non-hydrogen) atoms. The van der Waals surface area contributed by atoms with Gasteiger partial charge in [-0.25, -0.2) is 4.39 Å². The summed E-state index contributed by atoms with van der Waals surface area (Å²) in [5.41, 5.74) is 0. The maximum absolute atomic E-state index is 13.1. The minimum atomic E-state index is -0.536. The number of rotatable bonds is 3. The first-order valence-corrected chi connectivity index (χ1v) is 8.21. The Morgan fingerprint density at radius 2 is 2.11 bits per heavy atom. The first-order chi connectivity index (χ1) is 9.11. The minimum absolute atomic E-state index is 0.242. The molecule has 0 saturated carbocycles. The second-order valence-electron chi connectivity index (χ2n) is 4.28. The normalized spacial score (nSPS) is 13.0. The van der Waals surface area contributed by atoms with Gasteiger partial charge in [0.15, 0.2) is 0 Å². The Kier molecular flexibility index (Phi) is 3.71. The fraction of sp³-hybridized carbons (Fsp3) is 0.143. The highest BCUT2D eigenvalue weighted by molar-refractivity contribution is 9.10. The third-order valence-electron chi connectivity index (χ3n) is 2.84. The van der Waals surface area contributed by atoms with Crippen molar-refractivity contribution in [3.8, 4) is 0 Å². The third-order valence-corrected chi connectivity index (χ3v) is 5.78. The summed E-state index contributed by atoms with van der Waals surface area (Å²) in [7, 11) is 0. The predicted molar refractivity (Wildman–Crippen MR) is 82.5 cm³/mol. The molecule has 0 saturated heterocycles. The maximum atomic E-state index is 13.1. The quantitative estimate of drug-likeness (QED) is 0.688. The van der Waals surface area contributed by atoms with Gasteiger partial charge in [-0.3, -0.25) is 0 Å². The highest BCUT2D eigenvalue weighted by Gasteiger charge is 2.13. The van der Waals surface area contributed by atoms with Crippen molar-refractivity contribution in [1.82, 2.24) is 0 Å². The first-order valence-electron chi connectivity index (χ1n) is 5.72. The van der Waals surface area contributed by atoms with Gasteiger partial charge in [-0.2, -0.15) is 0 Å². The summed E-state index contributed by atoms with van der Waals surface area (Å²) in [6.07, 6.45) is 0.0528. The van der Waals surface area contributed by atoms with Gasteiger partial charge in [0, 0.05) is 30.7 Å². The lowest BCUT2D eigenvalue weighted by molar-refractivity contribution is 0.183. The van der Waals surface area contributed by atoms with E-state index >= 15 is 0 Å². The van der Waals surface area contributed by atoms with Crippen LogP contribution in [0.25, 0.3) is 10.1 Å². The molecule has 0 bridgehead atoms. The molecule has 3 aromatic rings. The molecular weight excluding hydrogens is 347 g/mol. The van der Waals surface area contributed by atoms with E-state index in [4.69, 9.17) is 0 Å². The Morgan fingerprint density at radius 1 is 1.26 bits per heavy atom. The van der Waals surface area contributed by atoms with Gasteiger partial charge in [0.2, 0.25) is 0 Å². The third kappa shape index (κ3) is 2.89. The molecule has 1 nitrogen and oxygen atoms in total. The molecule has 98 valence electrons. The van der Waals surface area contributed by atoms with Crippen LogP contribution in [-0.4, -0.2) is 5.11 Å². The smallest absolute Gasteiger partial charge is 0.123 e. The standard InChI is InChI=1S/C14H10BrFOS2/c15-9-5-11(18-7-9)6-12(17)14-4-8-3-10(16)1-2-13(8)19-14/h1-5,7,12,17H,6H2. The summed E-state index contributed by atoms with van der Waals surface area (Å²) in [4.78, 5) is 2.01. The lowest BCUT2D eigenvalue weighted by Crippen LogP contribution is -1.97. The zero-order chi connectivity index (χ0) is 13.4. The van der Waals surface area contributed by atoms with Crippen molar-refractivity contribution in [2.75, 3.05) is 0 Å². The second kappa shape index (κ2) is 5.32. The van der Waals surface area contributed by atoms with Crippen LogP contribution in [0, 0.1) is 5.82 Å². The van der Waals surface area contributed by atoms with E-state index in [2.05, 4.69) is 15.9 Å². The van der Waals surface area contributed by atoms with E-state index in [1.165, 1.54) is 23.5 Å². The number of halogens is 2. The number of hydrogen-bond donors (Lipinski definition) is 1. The fourth-order valence-electron chi connectivity index (χ4n) is 1.95. The largest absolute Gasteiger partial charge is 0.387 e. The van der Waals surface area contributed by atoms with Crippen molar-refractivity contribution < 1.29 is 9.50 Å². The van der Waals surface area contributed by atoms with Crippen molar-refractivity contribution in [2.24, 2.45) is 0 Å². The Bertz CT molecular complexity index is 719. The van der Waals surface area contributed by atoms with Crippen LogP contribution in [0.2, 0.25) is 0 Å². The van der Waals surface area contributed by atoms with E-state index < -0.39 is 6.10 Å². The zero-order valence-corrected chi connectivity index (χ0v) is 13.0. The van der Waals surface area contributed by atoms with Crippen molar-refractivity contribution >= 4 is 48.7 Å². The van der Waals surface area contributed by atoms with Crippen LogP contribution in [0.5, 0.6) is 0 Å². The van der Waals surface area contributed by atoms with Crippen LogP contribution in [-0.2, 0) is 6.42 Å². The Hall–Kier alpha value is -0.750. The molecule has 3 rings (SSSR count). The van der Waals surface area contributed by atoms with Crippen molar-refractivity contribution in [3.63, 3.8) is 0 Å². The zero-order valence-electron chi connectivity index (χ0n) is 9.77. The van der Waals surface area contributed by atoms with E-state index in [0.29, 0.717) is 6.42 Å². The molecule has 0 aliphatic rings. The van der Waals surface area contributed by atoms with Crippen molar-refractivity contribution in [3.05, 3.63) is 55.8 Å². The summed E-state index contributed by atoms with van der Waals surface area (Å²) >= 11 is 6.54. The monoisotopic (exact) mass is 356 g/mol. The summed E-state index contributed by atoms with van der Waals surface area (Å²) in [5.74, 6) is -0.242. The van der Waals surface area contributed by atoms with Gasteiger partial charge in [-0.15, -0.1) is 22.7 Å². The van der Waals surface area contributed by atoms with Crippen LogP contribution in [0.3, 0.4) is 0 Å².